The minimum atomic E-state index is 0.576. The van der Waals surface area contributed by atoms with Gasteiger partial charge >= 0.3 is 0 Å². The van der Waals surface area contributed by atoms with Gasteiger partial charge < -0.3 is 0 Å². The molecule has 2 heterocycles. The SMILES string of the molecule is c1nc2ccc3c(c2s1)=NCN=3. The lowest BCUT2D eigenvalue weighted by Gasteiger charge is -1.84. The lowest BCUT2D eigenvalue weighted by atomic mass is 10.3. The number of hydrogen-bond donors (Lipinski definition) is 0. The molecule has 0 aliphatic carbocycles. The maximum atomic E-state index is 4.30. The maximum absolute atomic E-state index is 4.30. The van der Waals surface area contributed by atoms with Crippen LogP contribution < -0.4 is 10.7 Å². The number of fused-ring (bicyclic) bond motifs is 3. The maximum Gasteiger partial charge on any atom is 0.131 e. The third kappa shape index (κ3) is 0.674. The second kappa shape index (κ2) is 2.10. The van der Waals surface area contributed by atoms with Gasteiger partial charge in [0.1, 0.15) is 12.0 Å². The van der Waals surface area contributed by atoms with Crippen LogP contribution in [-0.2, 0) is 0 Å². The molecule has 58 valence electrons. The van der Waals surface area contributed by atoms with E-state index in [0.717, 1.165) is 20.9 Å². The van der Waals surface area contributed by atoms with Crippen LogP contribution in [0.25, 0.3) is 10.2 Å². The van der Waals surface area contributed by atoms with Crippen LogP contribution in [0.1, 0.15) is 0 Å². The van der Waals surface area contributed by atoms with Crippen molar-refractivity contribution >= 4 is 21.6 Å². The van der Waals surface area contributed by atoms with Crippen LogP contribution in [0, 0.1) is 0 Å². The zero-order chi connectivity index (χ0) is 7.97. The number of thiazole rings is 1. The number of nitrogens with zero attached hydrogens (tertiary/aromatic N) is 3. The highest BCUT2D eigenvalue weighted by Crippen LogP contribution is 2.10. The monoisotopic (exact) mass is 175 g/mol. The summed E-state index contributed by atoms with van der Waals surface area (Å²) in [5.74, 6) is 0. The minimum absolute atomic E-state index is 0.576. The molecule has 12 heavy (non-hydrogen) atoms. The van der Waals surface area contributed by atoms with Crippen LogP contribution in [0.2, 0.25) is 0 Å². The van der Waals surface area contributed by atoms with E-state index >= 15 is 0 Å². The number of hydrogen-bond acceptors (Lipinski definition) is 4. The molecule has 0 unspecified atom stereocenters. The summed E-state index contributed by atoms with van der Waals surface area (Å²) in [6.07, 6.45) is 0. The number of aromatic nitrogens is 1. The summed E-state index contributed by atoms with van der Waals surface area (Å²) in [5.41, 5.74) is 2.87. The predicted molar refractivity (Wildman–Crippen MR) is 46.8 cm³/mol. The fourth-order valence-electron chi connectivity index (χ4n) is 1.37. The predicted octanol–water partition coefficient (Wildman–Crippen LogP) is 0.507. The van der Waals surface area contributed by atoms with E-state index in [1.54, 1.807) is 11.3 Å². The average molecular weight is 175 g/mol. The summed E-state index contributed by atoms with van der Waals surface area (Å²) in [4.78, 5) is 12.8. The molecule has 0 spiro atoms. The first-order valence-electron chi connectivity index (χ1n) is 3.66. The van der Waals surface area contributed by atoms with Crippen molar-refractivity contribution < 1.29 is 0 Å². The fourth-order valence-corrected chi connectivity index (χ4v) is 2.16. The molecule has 2 aromatic rings. The molecule has 4 heteroatoms. The Bertz CT molecular complexity index is 555. The molecule has 0 radical (unpaired) electrons. The quantitative estimate of drug-likeness (QED) is 0.574. The van der Waals surface area contributed by atoms with E-state index in [0.29, 0.717) is 6.67 Å². The van der Waals surface area contributed by atoms with Gasteiger partial charge in [0, 0.05) is 0 Å². The third-order valence-electron chi connectivity index (χ3n) is 1.92. The molecule has 0 atom stereocenters. The Labute approximate surface area is 72.1 Å². The van der Waals surface area contributed by atoms with Gasteiger partial charge in [-0.3, -0.25) is 9.98 Å². The normalized spacial score (nSPS) is 14.0. The minimum Gasteiger partial charge on any atom is -0.260 e. The van der Waals surface area contributed by atoms with Crippen LogP contribution in [0.4, 0.5) is 0 Å². The summed E-state index contributed by atoms with van der Waals surface area (Å²) in [6.45, 7) is 0.576. The van der Waals surface area contributed by atoms with Crippen LogP contribution in [0.15, 0.2) is 27.6 Å². The first-order chi connectivity index (χ1) is 5.95. The van der Waals surface area contributed by atoms with Crippen molar-refractivity contribution in [2.45, 2.75) is 0 Å². The van der Waals surface area contributed by atoms with Gasteiger partial charge in [-0.2, -0.15) is 0 Å². The summed E-state index contributed by atoms with van der Waals surface area (Å²) in [5, 5.41) is 2.03. The molecule has 0 fully saturated rings. The molecule has 3 rings (SSSR count). The first kappa shape index (κ1) is 6.25. The van der Waals surface area contributed by atoms with Gasteiger partial charge in [0.2, 0.25) is 0 Å². The smallest absolute Gasteiger partial charge is 0.131 e. The molecule has 3 nitrogen and oxygen atoms in total. The van der Waals surface area contributed by atoms with E-state index in [9.17, 15) is 0 Å². The number of rotatable bonds is 0. The lowest BCUT2D eigenvalue weighted by Crippen LogP contribution is -2.20. The highest BCUT2D eigenvalue weighted by atomic mass is 32.1. The van der Waals surface area contributed by atoms with Crippen molar-refractivity contribution in [1.29, 1.82) is 0 Å². The largest absolute Gasteiger partial charge is 0.260 e. The molecule has 0 saturated carbocycles. The second-order valence-corrected chi connectivity index (χ2v) is 3.45. The summed E-state index contributed by atoms with van der Waals surface area (Å²) >= 11 is 1.63. The fraction of sp³-hybridized carbons (Fsp3) is 0.125. The highest BCUT2D eigenvalue weighted by Gasteiger charge is 2.03. The van der Waals surface area contributed by atoms with Gasteiger partial charge in [0.25, 0.3) is 0 Å². The summed E-state index contributed by atoms with van der Waals surface area (Å²) in [7, 11) is 0. The Kier molecular flexibility index (Phi) is 1.10. The third-order valence-corrected chi connectivity index (χ3v) is 2.77. The molecule has 1 aliphatic rings. The average Bonchev–Trinajstić information content (AvgIpc) is 2.71. The molecule has 0 N–H and O–H groups in total. The van der Waals surface area contributed by atoms with E-state index in [-0.39, 0.29) is 0 Å². The zero-order valence-corrected chi connectivity index (χ0v) is 7.01. The van der Waals surface area contributed by atoms with Gasteiger partial charge in [-0.1, -0.05) is 0 Å². The lowest BCUT2D eigenvalue weighted by molar-refractivity contribution is 1.06. The summed E-state index contributed by atoms with van der Waals surface area (Å²) in [6, 6.07) is 3.98. The standard InChI is InChI=1S/C8H5N3S/c1-2-6-8(12-4-11-6)7-5(1)9-3-10-7/h1-2,4H,3H2. The Hall–Kier alpha value is -1.29. The van der Waals surface area contributed by atoms with Crippen molar-refractivity contribution in [3.63, 3.8) is 0 Å². The number of benzene rings is 1. The van der Waals surface area contributed by atoms with Crippen molar-refractivity contribution in [2.75, 3.05) is 6.67 Å². The highest BCUT2D eigenvalue weighted by molar-refractivity contribution is 7.16. The zero-order valence-electron chi connectivity index (χ0n) is 6.19. The van der Waals surface area contributed by atoms with E-state index in [1.165, 1.54) is 0 Å². The molecule has 1 aliphatic heterocycles. The molecule has 1 aromatic carbocycles. The molecule has 0 bridgehead atoms. The topological polar surface area (TPSA) is 37.6 Å². The van der Waals surface area contributed by atoms with Crippen molar-refractivity contribution in [2.24, 2.45) is 9.98 Å². The second-order valence-electron chi connectivity index (χ2n) is 2.59. The van der Waals surface area contributed by atoms with Gasteiger partial charge in [0.15, 0.2) is 0 Å². The molecule has 0 amide bonds. The van der Waals surface area contributed by atoms with Crippen LogP contribution in [-0.4, -0.2) is 11.7 Å². The summed E-state index contributed by atoms with van der Waals surface area (Å²) < 4.78 is 1.16. The van der Waals surface area contributed by atoms with E-state index in [4.69, 9.17) is 0 Å². The Morgan fingerprint density at radius 3 is 3.25 bits per heavy atom. The van der Waals surface area contributed by atoms with Gasteiger partial charge in [-0.05, 0) is 12.1 Å². The Morgan fingerprint density at radius 2 is 2.25 bits per heavy atom. The Balaban J connectivity index is 2.73. The van der Waals surface area contributed by atoms with Crippen molar-refractivity contribution in [3.05, 3.63) is 28.4 Å². The van der Waals surface area contributed by atoms with Crippen LogP contribution in [0.5, 0.6) is 0 Å². The van der Waals surface area contributed by atoms with Gasteiger partial charge in [-0.25, -0.2) is 4.98 Å². The van der Waals surface area contributed by atoms with Crippen LogP contribution in [0.3, 0.4) is 0 Å². The molecular formula is C8H5N3S. The first-order valence-corrected chi connectivity index (χ1v) is 4.54. The van der Waals surface area contributed by atoms with E-state index in [2.05, 4.69) is 15.0 Å². The van der Waals surface area contributed by atoms with Crippen LogP contribution >= 0.6 is 11.3 Å². The van der Waals surface area contributed by atoms with E-state index in [1.807, 2.05) is 17.6 Å². The van der Waals surface area contributed by atoms with Gasteiger partial charge in [-0.15, -0.1) is 11.3 Å². The molecule has 1 aromatic heterocycles. The molecular weight excluding hydrogens is 170 g/mol. The van der Waals surface area contributed by atoms with Crippen molar-refractivity contribution in [3.8, 4) is 0 Å². The molecule has 0 saturated heterocycles. The van der Waals surface area contributed by atoms with E-state index < -0.39 is 0 Å². The van der Waals surface area contributed by atoms with Crippen molar-refractivity contribution in [1.82, 2.24) is 4.98 Å². The van der Waals surface area contributed by atoms with Gasteiger partial charge in [0.05, 0.1) is 21.1 Å². The Morgan fingerprint density at radius 1 is 1.25 bits per heavy atom.